The second kappa shape index (κ2) is 10.0. The van der Waals surface area contributed by atoms with E-state index < -0.39 is 36.8 Å². The van der Waals surface area contributed by atoms with E-state index in [0.29, 0.717) is 24.0 Å². The van der Waals surface area contributed by atoms with Crippen molar-refractivity contribution in [2.45, 2.75) is 62.3 Å². The van der Waals surface area contributed by atoms with Gasteiger partial charge in [-0.2, -0.15) is 0 Å². The maximum Gasteiger partial charge on any atom is 0.410 e. The number of likely N-dealkylation sites (tertiary alicyclic amines) is 1. The van der Waals surface area contributed by atoms with Crippen molar-refractivity contribution in [3.63, 3.8) is 0 Å². The summed E-state index contributed by atoms with van der Waals surface area (Å²) in [6.07, 6.45) is 3.70. The zero-order chi connectivity index (χ0) is 29.0. The topological polar surface area (TPSA) is 132 Å². The van der Waals surface area contributed by atoms with E-state index in [1.54, 1.807) is 51.1 Å². The van der Waals surface area contributed by atoms with E-state index in [-0.39, 0.29) is 41.3 Å². The molecule has 1 aliphatic carbocycles. The number of anilines is 1. The highest BCUT2D eigenvalue weighted by Crippen LogP contribution is 2.37. The molecule has 1 aromatic carbocycles. The Labute approximate surface area is 235 Å². The number of carbonyl (C=O) groups excluding carboxylic acids is 1. The van der Waals surface area contributed by atoms with Crippen LogP contribution < -0.4 is 4.90 Å². The SMILES string of the molecule is Cc1ccc(S(=O)(=O)n2ccc3c(N(C)C4CC(CS(=O)(=O)C5CN(C(=O)OC(C)(C)C)C5)C4)ncnc32)cc1. The zero-order valence-corrected chi connectivity index (χ0v) is 24.9. The van der Waals surface area contributed by atoms with Crippen LogP contribution in [0.15, 0.2) is 47.8 Å². The summed E-state index contributed by atoms with van der Waals surface area (Å²) in [5.74, 6) is 0.687. The number of benzene rings is 1. The lowest BCUT2D eigenvalue weighted by atomic mass is 9.81. The molecule has 11 nitrogen and oxygen atoms in total. The van der Waals surface area contributed by atoms with E-state index in [4.69, 9.17) is 4.74 Å². The predicted molar refractivity (Wildman–Crippen MR) is 152 cm³/mol. The number of sulfone groups is 1. The van der Waals surface area contributed by atoms with Crippen LogP contribution in [0.2, 0.25) is 0 Å². The average molecular weight is 590 g/mol. The minimum atomic E-state index is -3.84. The van der Waals surface area contributed by atoms with Crippen LogP contribution in [0.5, 0.6) is 0 Å². The molecule has 216 valence electrons. The molecule has 0 N–H and O–H groups in total. The molecule has 2 fully saturated rings. The van der Waals surface area contributed by atoms with Gasteiger partial charge in [-0.25, -0.2) is 35.6 Å². The van der Waals surface area contributed by atoms with Gasteiger partial charge in [-0.1, -0.05) is 17.7 Å². The van der Waals surface area contributed by atoms with Gasteiger partial charge >= 0.3 is 6.09 Å². The van der Waals surface area contributed by atoms with E-state index >= 15 is 0 Å². The molecule has 5 rings (SSSR count). The van der Waals surface area contributed by atoms with Crippen molar-refractivity contribution >= 4 is 42.8 Å². The maximum atomic E-state index is 13.3. The number of hydrogen-bond acceptors (Lipinski definition) is 9. The summed E-state index contributed by atoms with van der Waals surface area (Å²) in [6, 6.07) is 8.41. The molecule has 0 unspecified atom stereocenters. The van der Waals surface area contributed by atoms with Crippen LogP contribution >= 0.6 is 0 Å². The Hall–Kier alpha value is -3.19. The van der Waals surface area contributed by atoms with E-state index in [1.165, 1.54) is 21.4 Å². The average Bonchev–Trinajstić information content (AvgIpc) is 3.24. The fraction of sp³-hybridized carbons (Fsp3) is 0.519. The fourth-order valence-electron chi connectivity index (χ4n) is 5.14. The minimum Gasteiger partial charge on any atom is -0.444 e. The standard InChI is InChI=1S/C27H35N5O6S2/c1-18-6-8-21(9-7-18)40(36,37)32-11-10-23-24(28-17-29-25(23)32)30(5)20-12-19(13-20)16-39(34,35)22-14-31(15-22)26(33)38-27(2,3)4/h6-11,17,19-20,22H,12-16H2,1-5H3. The quantitative estimate of drug-likeness (QED) is 0.407. The molecular weight excluding hydrogens is 554 g/mol. The normalized spacial score (nSPS) is 20.2. The van der Waals surface area contributed by atoms with Crippen LogP contribution in [0.4, 0.5) is 10.6 Å². The first-order chi connectivity index (χ1) is 18.7. The van der Waals surface area contributed by atoms with Crippen LogP contribution in [-0.2, 0) is 24.6 Å². The van der Waals surface area contributed by atoms with Crippen LogP contribution in [0.25, 0.3) is 11.0 Å². The van der Waals surface area contributed by atoms with Gasteiger partial charge in [0.15, 0.2) is 15.5 Å². The Morgan fingerprint density at radius 3 is 2.33 bits per heavy atom. The summed E-state index contributed by atoms with van der Waals surface area (Å²) >= 11 is 0. The van der Waals surface area contributed by atoms with Gasteiger partial charge in [0.1, 0.15) is 17.7 Å². The predicted octanol–water partition coefficient (Wildman–Crippen LogP) is 3.23. The van der Waals surface area contributed by atoms with Crippen LogP contribution in [0.3, 0.4) is 0 Å². The van der Waals surface area contributed by atoms with E-state index in [2.05, 4.69) is 9.97 Å². The number of rotatable bonds is 7. The number of nitrogens with zero attached hydrogens (tertiary/aromatic N) is 5. The smallest absolute Gasteiger partial charge is 0.410 e. The number of carbonyl (C=O) groups is 1. The number of aryl methyl sites for hydroxylation is 1. The highest BCUT2D eigenvalue weighted by Gasteiger charge is 2.44. The third-order valence-electron chi connectivity index (χ3n) is 7.57. The Kier molecular flexibility index (Phi) is 7.10. The lowest BCUT2D eigenvalue weighted by Crippen LogP contribution is -2.59. The maximum absolute atomic E-state index is 13.3. The van der Waals surface area contributed by atoms with Gasteiger partial charge in [0.05, 0.1) is 21.3 Å². The van der Waals surface area contributed by atoms with Crippen LogP contribution in [0, 0.1) is 12.8 Å². The molecule has 13 heteroatoms. The van der Waals surface area contributed by atoms with Crippen molar-refractivity contribution in [3.8, 4) is 0 Å². The second-order valence-electron chi connectivity index (χ2n) is 11.8. The third kappa shape index (κ3) is 5.40. The molecule has 0 atom stereocenters. The van der Waals surface area contributed by atoms with Gasteiger partial charge in [0, 0.05) is 32.4 Å². The summed E-state index contributed by atoms with van der Waals surface area (Å²) in [4.78, 5) is 24.4. The highest BCUT2D eigenvalue weighted by molar-refractivity contribution is 7.92. The number of amides is 1. The van der Waals surface area contributed by atoms with Crippen molar-refractivity contribution in [1.29, 1.82) is 0 Å². The molecular formula is C27H35N5O6S2. The third-order valence-corrected chi connectivity index (χ3v) is 11.5. The first-order valence-electron chi connectivity index (χ1n) is 13.2. The van der Waals surface area contributed by atoms with E-state index in [9.17, 15) is 21.6 Å². The molecule has 0 radical (unpaired) electrons. The summed E-state index contributed by atoms with van der Waals surface area (Å²) < 4.78 is 59.0. The Morgan fingerprint density at radius 2 is 1.70 bits per heavy atom. The molecule has 0 bridgehead atoms. The molecule has 40 heavy (non-hydrogen) atoms. The summed E-state index contributed by atoms with van der Waals surface area (Å²) in [7, 11) is -5.30. The molecule has 3 aromatic rings. The lowest BCUT2D eigenvalue weighted by Gasteiger charge is -2.44. The van der Waals surface area contributed by atoms with Crippen molar-refractivity contribution in [1.82, 2.24) is 18.8 Å². The van der Waals surface area contributed by atoms with Crippen molar-refractivity contribution in [2.75, 3.05) is 30.8 Å². The molecule has 0 spiro atoms. The lowest BCUT2D eigenvalue weighted by molar-refractivity contribution is 0.0138. The number of hydrogen-bond donors (Lipinski definition) is 0. The molecule has 1 saturated heterocycles. The van der Waals surface area contributed by atoms with Gasteiger partial charge in [-0.15, -0.1) is 0 Å². The number of ether oxygens (including phenoxy) is 1. The van der Waals surface area contributed by atoms with Crippen LogP contribution in [0.1, 0.15) is 39.2 Å². The highest BCUT2D eigenvalue weighted by atomic mass is 32.2. The largest absolute Gasteiger partial charge is 0.444 e. The fourth-order valence-corrected chi connectivity index (χ4v) is 8.46. The molecule has 3 heterocycles. The minimum absolute atomic E-state index is 0.0110. The summed E-state index contributed by atoms with van der Waals surface area (Å²) in [5.41, 5.74) is 0.626. The molecule has 1 saturated carbocycles. The number of aromatic nitrogens is 3. The van der Waals surface area contributed by atoms with Gasteiger partial charge < -0.3 is 14.5 Å². The Balaban J connectivity index is 1.22. The van der Waals surface area contributed by atoms with Crippen molar-refractivity contribution < 1.29 is 26.4 Å². The molecule has 1 amide bonds. The monoisotopic (exact) mass is 589 g/mol. The van der Waals surface area contributed by atoms with Gasteiger partial charge in [0.25, 0.3) is 10.0 Å². The Bertz CT molecular complexity index is 1630. The first kappa shape index (κ1) is 28.3. The van der Waals surface area contributed by atoms with Gasteiger partial charge in [0.2, 0.25) is 0 Å². The van der Waals surface area contributed by atoms with Crippen molar-refractivity contribution in [2.24, 2.45) is 5.92 Å². The summed E-state index contributed by atoms with van der Waals surface area (Å²) in [5, 5.41) is 0.0435. The number of fused-ring (bicyclic) bond motifs is 1. The van der Waals surface area contributed by atoms with Crippen molar-refractivity contribution in [3.05, 3.63) is 48.4 Å². The van der Waals surface area contributed by atoms with Crippen LogP contribution in [-0.4, -0.2) is 84.6 Å². The first-order valence-corrected chi connectivity index (χ1v) is 16.4. The zero-order valence-electron chi connectivity index (χ0n) is 23.3. The second-order valence-corrected chi connectivity index (χ2v) is 15.9. The van der Waals surface area contributed by atoms with Gasteiger partial charge in [-0.3, -0.25) is 0 Å². The molecule has 2 aromatic heterocycles. The molecule has 1 aliphatic heterocycles. The van der Waals surface area contributed by atoms with Gasteiger partial charge in [-0.05, 0) is 64.7 Å². The van der Waals surface area contributed by atoms with E-state index in [0.717, 1.165) is 5.56 Å². The molecule has 2 aliphatic rings. The van der Waals surface area contributed by atoms with E-state index in [1.807, 2.05) is 18.9 Å². The Morgan fingerprint density at radius 1 is 1.05 bits per heavy atom. The summed E-state index contributed by atoms with van der Waals surface area (Å²) in [6.45, 7) is 7.54.